The average Bonchev–Trinajstić information content (AvgIpc) is 3.46. The first-order valence-corrected chi connectivity index (χ1v) is 15.3. The molecule has 4 N–H and O–H groups in total. The van der Waals surface area contributed by atoms with E-state index in [1.165, 1.54) is 24.4 Å². The zero-order chi connectivity index (χ0) is 34.1. The molecule has 242 valence electrons. The number of alkyl halides is 2. The lowest BCUT2D eigenvalue weighted by atomic mass is 9.76. The lowest BCUT2D eigenvalue weighted by Gasteiger charge is -2.38. The summed E-state index contributed by atoms with van der Waals surface area (Å²) in [6, 6.07) is 33.8. The van der Waals surface area contributed by atoms with Crippen molar-refractivity contribution in [2.45, 2.75) is 38.5 Å². The normalized spacial score (nSPS) is 11.9. The number of nitrogens with zero attached hydrogens (tertiary/aromatic N) is 3. The van der Waals surface area contributed by atoms with Crippen LogP contribution in [0.25, 0.3) is 11.2 Å². The van der Waals surface area contributed by atoms with E-state index in [9.17, 15) is 13.6 Å². The number of fused-ring (bicyclic) bond motifs is 1. The van der Waals surface area contributed by atoms with Crippen LogP contribution in [0.1, 0.15) is 59.1 Å². The van der Waals surface area contributed by atoms with Gasteiger partial charge in [0.25, 0.3) is 5.91 Å². The van der Waals surface area contributed by atoms with Gasteiger partial charge in [0.05, 0.1) is 17.5 Å². The van der Waals surface area contributed by atoms with Crippen molar-refractivity contribution in [3.8, 4) is 5.75 Å². The van der Waals surface area contributed by atoms with Crippen molar-refractivity contribution in [1.82, 2.24) is 19.9 Å². The Hall–Kier alpha value is -5.90. The van der Waals surface area contributed by atoms with Crippen molar-refractivity contribution < 1.29 is 18.3 Å². The third kappa shape index (κ3) is 6.00. The molecule has 0 fully saturated rings. The Morgan fingerprint density at radius 3 is 1.90 bits per heavy atom. The Kier molecular flexibility index (Phi) is 8.49. The first-order chi connectivity index (χ1) is 23.0. The van der Waals surface area contributed by atoms with Crippen LogP contribution in [-0.2, 0) is 5.54 Å². The van der Waals surface area contributed by atoms with Gasteiger partial charge in [-0.15, -0.1) is 0 Å². The number of nitrogen functional groups attached to an aromatic ring is 1. The molecule has 0 aliphatic heterocycles. The summed E-state index contributed by atoms with van der Waals surface area (Å²) in [7, 11) is 0. The summed E-state index contributed by atoms with van der Waals surface area (Å²) < 4.78 is 32.5. The Labute approximate surface area is 276 Å². The average molecular weight is 645 g/mol. The van der Waals surface area contributed by atoms with Crippen molar-refractivity contribution in [3.63, 3.8) is 0 Å². The number of nitrogens with one attached hydrogen (secondary N) is 2. The molecule has 0 radical (unpaired) electrons. The van der Waals surface area contributed by atoms with E-state index in [0.717, 1.165) is 16.7 Å². The fraction of sp³-hybridized carbons (Fsp3) is 0.158. The number of rotatable bonds is 9. The number of benzene rings is 4. The van der Waals surface area contributed by atoms with Gasteiger partial charge in [-0.05, 0) is 55.7 Å². The van der Waals surface area contributed by atoms with Crippen molar-refractivity contribution in [2.24, 2.45) is 0 Å². The number of anilines is 1. The molecular weight excluding hydrogens is 610 g/mol. The van der Waals surface area contributed by atoms with Gasteiger partial charge in [-0.1, -0.05) is 91.0 Å². The van der Waals surface area contributed by atoms with Crippen LogP contribution >= 0.6 is 0 Å². The van der Waals surface area contributed by atoms with E-state index in [4.69, 9.17) is 21.1 Å². The van der Waals surface area contributed by atoms with Gasteiger partial charge in [0.2, 0.25) is 0 Å². The summed E-state index contributed by atoms with van der Waals surface area (Å²) in [4.78, 5) is 23.7. The summed E-state index contributed by atoms with van der Waals surface area (Å²) in [6.45, 7) is 2.61. The van der Waals surface area contributed by atoms with Crippen LogP contribution in [0.2, 0.25) is 0 Å². The third-order valence-corrected chi connectivity index (χ3v) is 7.94. The van der Waals surface area contributed by atoms with Crippen molar-refractivity contribution in [1.29, 1.82) is 5.41 Å². The second kappa shape index (κ2) is 12.7. The second-order valence-electron chi connectivity index (χ2n) is 12.4. The van der Waals surface area contributed by atoms with Gasteiger partial charge in [0, 0.05) is 23.0 Å². The summed E-state index contributed by atoms with van der Waals surface area (Å²) >= 11 is 0. The van der Waals surface area contributed by atoms with Crippen molar-refractivity contribution in [2.75, 3.05) is 5.73 Å². The quantitative estimate of drug-likeness (QED) is 0.0861. The molecule has 6 aromatic rings. The maximum absolute atomic E-state index is 14.0. The van der Waals surface area contributed by atoms with Gasteiger partial charge in [-0.2, -0.15) is 8.78 Å². The maximum atomic E-state index is 14.0. The van der Waals surface area contributed by atoms with E-state index in [1.807, 2.05) is 116 Å². The molecule has 0 bridgehead atoms. The molecule has 0 saturated carbocycles. The molecule has 10 heteroatoms. The van der Waals surface area contributed by atoms with Crippen LogP contribution < -0.4 is 15.8 Å². The van der Waals surface area contributed by atoms with Crippen LogP contribution in [0.15, 0.2) is 122 Å². The number of carbonyl (C=O) groups excluding carboxylic acids is 1. The molecule has 8 nitrogen and oxygen atoms in total. The highest BCUT2D eigenvalue weighted by Crippen LogP contribution is 2.43. The number of hydrogen-bond acceptors (Lipinski definition) is 6. The number of halogens is 2. The smallest absolute Gasteiger partial charge is 0.387 e. The highest BCUT2D eigenvalue weighted by molar-refractivity contribution is 6.14. The molecule has 0 atom stereocenters. The zero-order valence-corrected chi connectivity index (χ0v) is 26.6. The molecule has 1 amide bonds. The van der Waals surface area contributed by atoms with E-state index in [2.05, 4.69) is 10.1 Å². The minimum atomic E-state index is -3.05. The second-order valence-corrected chi connectivity index (χ2v) is 12.4. The van der Waals surface area contributed by atoms with Crippen LogP contribution in [-0.4, -0.2) is 38.3 Å². The predicted octanol–water partition coefficient (Wildman–Crippen LogP) is 7.40. The topological polar surface area (TPSA) is 119 Å². The van der Waals surface area contributed by atoms with Crippen molar-refractivity contribution >= 4 is 28.5 Å². The molecule has 0 unspecified atom stereocenters. The third-order valence-electron chi connectivity index (χ3n) is 7.94. The van der Waals surface area contributed by atoms with Gasteiger partial charge in [0.15, 0.2) is 5.65 Å². The van der Waals surface area contributed by atoms with E-state index in [1.54, 1.807) is 6.20 Å². The first kappa shape index (κ1) is 32.1. The molecule has 6 rings (SSSR count). The molecule has 0 saturated heterocycles. The Balaban J connectivity index is 1.65. The molecule has 4 aromatic carbocycles. The molecule has 0 aliphatic carbocycles. The van der Waals surface area contributed by atoms with Gasteiger partial charge in [0.1, 0.15) is 22.5 Å². The van der Waals surface area contributed by atoms with Crippen LogP contribution in [0.3, 0.4) is 0 Å². The number of carbonyl (C=O) groups is 1. The summed E-state index contributed by atoms with van der Waals surface area (Å²) in [5, 5.41) is 12.0. The lowest BCUT2D eigenvalue weighted by Crippen LogP contribution is -2.40. The molecule has 2 heterocycles. The van der Waals surface area contributed by atoms with Crippen LogP contribution in [0.4, 0.5) is 14.5 Å². The largest absolute Gasteiger partial charge is 0.435 e. The maximum Gasteiger partial charge on any atom is 0.387 e. The standard InChI is InChI=1S/C38H34F2N6O2/c1-37(2,3)45-35(47)29-23-46(34-33(29)44-31(22-43-34)32(42)28-21-27(48-36(39)40)19-20-30(28)41)38(24-13-7-4-8-14-24,25-15-9-5-10-16-25)26-17-11-6-12-18-26/h4-23,36,42H,41H2,1-3H3,(H,45,47). The zero-order valence-electron chi connectivity index (χ0n) is 26.6. The summed E-state index contributed by atoms with van der Waals surface area (Å²) in [5.74, 6) is -0.526. The summed E-state index contributed by atoms with van der Waals surface area (Å²) in [6.07, 6.45) is 3.19. The predicted molar refractivity (Wildman–Crippen MR) is 183 cm³/mol. The van der Waals surface area contributed by atoms with Gasteiger partial charge < -0.3 is 20.4 Å². The lowest BCUT2D eigenvalue weighted by molar-refractivity contribution is -0.0498. The van der Waals surface area contributed by atoms with Crippen molar-refractivity contribution in [3.05, 3.63) is 155 Å². The number of amides is 1. The SMILES string of the molecule is CC(C)(C)NC(=O)c1cn(C(c2ccccc2)(c2ccccc2)c2ccccc2)c2ncc(C(=N)c3cc(OC(F)F)ccc3N)nc12. The number of ether oxygens (including phenoxy) is 1. The fourth-order valence-corrected chi connectivity index (χ4v) is 5.96. The number of aromatic nitrogens is 3. The molecule has 48 heavy (non-hydrogen) atoms. The van der Waals surface area contributed by atoms with Gasteiger partial charge in [-0.25, -0.2) is 9.97 Å². The number of hydrogen-bond donors (Lipinski definition) is 3. The molecule has 0 spiro atoms. The van der Waals surface area contributed by atoms with E-state index < -0.39 is 17.7 Å². The number of nitrogens with two attached hydrogens (primary N) is 1. The van der Waals surface area contributed by atoms with Crippen LogP contribution in [0.5, 0.6) is 5.75 Å². The Morgan fingerprint density at radius 2 is 1.40 bits per heavy atom. The Morgan fingerprint density at radius 1 is 0.854 bits per heavy atom. The molecule has 0 aliphatic rings. The Bertz CT molecular complexity index is 2000. The minimum Gasteiger partial charge on any atom is -0.435 e. The minimum absolute atomic E-state index is 0.0932. The van der Waals surface area contributed by atoms with E-state index in [-0.39, 0.29) is 45.4 Å². The van der Waals surface area contributed by atoms with E-state index in [0.29, 0.717) is 5.65 Å². The monoisotopic (exact) mass is 644 g/mol. The molecular formula is C38H34F2N6O2. The fourth-order valence-electron chi connectivity index (χ4n) is 5.96. The van der Waals surface area contributed by atoms with Gasteiger partial charge in [-0.3, -0.25) is 10.2 Å². The molecule has 2 aromatic heterocycles. The van der Waals surface area contributed by atoms with Crippen LogP contribution in [0, 0.1) is 5.41 Å². The van der Waals surface area contributed by atoms with Gasteiger partial charge >= 0.3 is 6.61 Å². The highest BCUT2D eigenvalue weighted by Gasteiger charge is 2.41. The summed E-state index contributed by atoms with van der Waals surface area (Å²) in [5.41, 5.74) is 8.48. The van der Waals surface area contributed by atoms with E-state index >= 15 is 0 Å². The first-order valence-electron chi connectivity index (χ1n) is 15.3. The highest BCUT2D eigenvalue weighted by atomic mass is 19.3.